The minimum atomic E-state index is 0.0133. The van der Waals surface area contributed by atoms with E-state index in [-0.39, 0.29) is 12.3 Å². The first kappa shape index (κ1) is 19.0. The number of piperazine rings is 1. The second-order valence-electron chi connectivity index (χ2n) is 7.07. The summed E-state index contributed by atoms with van der Waals surface area (Å²) in [5.74, 6) is 1.73. The fourth-order valence-corrected chi connectivity index (χ4v) is 3.51. The molecule has 150 valence electrons. The van der Waals surface area contributed by atoms with Gasteiger partial charge >= 0.3 is 0 Å². The number of carbonyl (C=O) groups excluding carboxylic acids is 1. The molecule has 4 rings (SSSR count). The van der Waals surface area contributed by atoms with Crippen molar-refractivity contribution in [1.29, 1.82) is 0 Å². The van der Waals surface area contributed by atoms with Crippen LogP contribution in [0.15, 0.2) is 53.1 Å². The van der Waals surface area contributed by atoms with E-state index in [1.54, 1.807) is 7.11 Å². The van der Waals surface area contributed by atoms with Crippen molar-refractivity contribution in [2.75, 3.05) is 38.2 Å². The van der Waals surface area contributed by atoms with Crippen LogP contribution in [0.3, 0.4) is 0 Å². The summed E-state index contributed by atoms with van der Waals surface area (Å²) in [5.41, 5.74) is 3.13. The topological polar surface area (TPSA) is 71.7 Å². The van der Waals surface area contributed by atoms with E-state index in [0.717, 1.165) is 35.7 Å². The molecule has 0 radical (unpaired) electrons. The van der Waals surface area contributed by atoms with Crippen molar-refractivity contribution in [2.45, 2.75) is 13.3 Å². The fourth-order valence-electron chi connectivity index (χ4n) is 3.51. The van der Waals surface area contributed by atoms with Crippen LogP contribution < -0.4 is 9.64 Å². The van der Waals surface area contributed by atoms with Crippen LogP contribution in [0.2, 0.25) is 0 Å². The van der Waals surface area contributed by atoms with Gasteiger partial charge in [0, 0.05) is 37.4 Å². The molecule has 1 fully saturated rings. The summed E-state index contributed by atoms with van der Waals surface area (Å²) in [6.07, 6.45) is 0.126. The van der Waals surface area contributed by atoms with Crippen LogP contribution in [0.1, 0.15) is 11.5 Å². The molecular formula is C22H24N4O3. The summed E-state index contributed by atoms with van der Waals surface area (Å²) in [6.45, 7) is 4.92. The van der Waals surface area contributed by atoms with Crippen molar-refractivity contribution in [1.82, 2.24) is 15.0 Å². The second-order valence-corrected chi connectivity index (χ2v) is 7.07. The van der Waals surface area contributed by atoms with Gasteiger partial charge in [0.05, 0.1) is 7.11 Å². The normalized spacial score (nSPS) is 14.1. The maximum atomic E-state index is 12.7. The summed E-state index contributed by atoms with van der Waals surface area (Å²) in [5, 5.41) is 4.04. The number of benzene rings is 2. The highest BCUT2D eigenvalue weighted by Gasteiger charge is 2.23. The minimum Gasteiger partial charge on any atom is -0.497 e. The highest BCUT2D eigenvalue weighted by Crippen LogP contribution is 2.22. The number of carbonyl (C=O) groups is 1. The van der Waals surface area contributed by atoms with E-state index in [1.807, 2.05) is 60.4 Å². The van der Waals surface area contributed by atoms with Gasteiger partial charge in [0.2, 0.25) is 17.6 Å². The van der Waals surface area contributed by atoms with Crippen molar-refractivity contribution in [3.8, 4) is 17.1 Å². The lowest BCUT2D eigenvalue weighted by atomic mass is 10.1. The first-order valence-electron chi connectivity index (χ1n) is 9.69. The molecule has 0 unspecified atom stereocenters. The molecule has 29 heavy (non-hydrogen) atoms. The average molecular weight is 392 g/mol. The molecule has 2 heterocycles. The first-order chi connectivity index (χ1) is 14.1. The number of methoxy groups -OCH3 is 1. The molecule has 1 amide bonds. The zero-order chi connectivity index (χ0) is 20.2. The van der Waals surface area contributed by atoms with Crippen molar-refractivity contribution >= 4 is 11.6 Å². The lowest BCUT2D eigenvalue weighted by molar-refractivity contribution is -0.131. The Bertz CT molecular complexity index is 976. The van der Waals surface area contributed by atoms with Crippen molar-refractivity contribution in [2.24, 2.45) is 0 Å². The molecule has 7 heteroatoms. The van der Waals surface area contributed by atoms with Crippen LogP contribution in [0.5, 0.6) is 5.75 Å². The number of aromatic nitrogens is 2. The van der Waals surface area contributed by atoms with Gasteiger partial charge in [-0.1, -0.05) is 29.4 Å². The Labute approximate surface area is 169 Å². The quantitative estimate of drug-likeness (QED) is 0.665. The van der Waals surface area contributed by atoms with Gasteiger partial charge < -0.3 is 19.1 Å². The molecule has 1 aliphatic rings. The standard InChI is InChI=1S/C22H24N4O3/c1-16-5-3-4-6-19(16)22-23-20(29-24-22)15-21(27)26-13-11-25(12-14-26)17-7-9-18(28-2)10-8-17/h3-10H,11-15H2,1-2H3. The summed E-state index contributed by atoms with van der Waals surface area (Å²) >= 11 is 0. The van der Waals surface area contributed by atoms with Gasteiger partial charge in [-0.2, -0.15) is 4.98 Å². The molecule has 1 aromatic heterocycles. The molecule has 1 saturated heterocycles. The molecule has 7 nitrogen and oxygen atoms in total. The van der Waals surface area contributed by atoms with E-state index >= 15 is 0 Å². The third kappa shape index (κ3) is 4.23. The number of aryl methyl sites for hydroxylation is 1. The summed E-state index contributed by atoms with van der Waals surface area (Å²) in [6, 6.07) is 15.8. The Balaban J connectivity index is 1.34. The Morgan fingerprint density at radius 1 is 1.07 bits per heavy atom. The molecule has 3 aromatic rings. The van der Waals surface area contributed by atoms with Gasteiger partial charge in [-0.25, -0.2) is 0 Å². The predicted octanol–water partition coefficient (Wildman–Crippen LogP) is 2.94. The van der Waals surface area contributed by atoms with Crippen LogP contribution in [0.25, 0.3) is 11.4 Å². The van der Waals surface area contributed by atoms with Gasteiger partial charge in [0.25, 0.3) is 0 Å². The van der Waals surface area contributed by atoms with Gasteiger partial charge in [-0.05, 0) is 36.8 Å². The number of rotatable bonds is 5. The van der Waals surface area contributed by atoms with Crippen LogP contribution in [0.4, 0.5) is 5.69 Å². The Hall–Kier alpha value is -3.35. The molecule has 2 aromatic carbocycles. The Morgan fingerprint density at radius 2 is 1.79 bits per heavy atom. The third-order valence-corrected chi connectivity index (χ3v) is 5.23. The summed E-state index contributed by atoms with van der Waals surface area (Å²) < 4.78 is 10.5. The molecule has 0 saturated carbocycles. The van der Waals surface area contributed by atoms with Crippen molar-refractivity contribution in [3.05, 3.63) is 60.0 Å². The highest BCUT2D eigenvalue weighted by atomic mass is 16.5. The van der Waals surface area contributed by atoms with E-state index in [1.165, 1.54) is 0 Å². The first-order valence-corrected chi connectivity index (χ1v) is 9.69. The number of hydrogen-bond acceptors (Lipinski definition) is 6. The number of amides is 1. The van der Waals surface area contributed by atoms with E-state index in [2.05, 4.69) is 15.0 Å². The monoisotopic (exact) mass is 392 g/mol. The van der Waals surface area contributed by atoms with Gasteiger partial charge in [-0.3, -0.25) is 4.79 Å². The second kappa shape index (κ2) is 8.34. The van der Waals surface area contributed by atoms with Gasteiger partial charge in [0.1, 0.15) is 12.2 Å². The Morgan fingerprint density at radius 3 is 2.48 bits per heavy atom. The van der Waals surface area contributed by atoms with E-state index in [9.17, 15) is 4.79 Å². The van der Waals surface area contributed by atoms with Crippen molar-refractivity contribution in [3.63, 3.8) is 0 Å². The van der Waals surface area contributed by atoms with E-state index < -0.39 is 0 Å². The lowest BCUT2D eigenvalue weighted by Crippen LogP contribution is -2.49. The van der Waals surface area contributed by atoms with Crippen molar-refractivity contribution < 1.29 is 14.1 Å². The largest absolute Gasteiger partial charge is 0.497 e. The molecule has 1 aliphatic heterocycles. The number of nitrogens with zero attached hydrogens (tertiary/aromatic N) is 4. The Kier molecular flexibility index (Phi) is 5.46. The maximum absolute atomic E-state index is 12.7. The number of hydrogen-bond donors (Lipinski definition) is 0. The zero-order valence-corrected chi connectivity index (χ0v) is 16.7. The SMILES string of the molecule is COc1ccc(N2CCN(C(=O)Cc3nc(-c4ccccc4C)no3)CC2)cc1. The fraction of sp³-hybridized carbons (Fsp3) is 0.318. The number of ether oxygens (including phenoxy) is 1. The van der Waals surface area contributed by atoms with Crippen LogP contribution in [-0.4, -0.2) is 54.2 Å². The molecule has 0 aliphatic carbocycles. The molecule has 0 atom stereocenters. The van der Waals surface area contributed by atoms with Gasteiger partial charge in [0.15, 0.2) is 0 Å². The predicted molar refractivity (Wildman–Crippen MR) is 110 cm³/mol. The molecule has 0 bridgehead atoms. The van der Waals surface area contributed by atoms with E-state index in [0.29, 0.717) is 24.8 Å². The number of anilines is 1. The molecule has 0 spiro atoms. The highest BCUT2D eigenvalue weighted by molar-refractivity contribution is 5.78. The lowest BCUT2D eigenvalue weighted by Gasteiger charge is -2.36. The van der Waals surface area contributed by atoms with Crippen LogP contribution in [0, 0.1) is 6.92 Å². The summed E-state index contributed by atoms with van der Waals surface area (Å²) in [7, 11) is 1.66. The average Bonchev–Trinajstić information content (AvgIpc) is 3.22. The van der Waals surface area contributed by atoms with Crippen LogP contribution in [-0.2, 0) is 11.2 Å². The zero-order valence-electron chi connectivity index (χ0n) is 16.7. The van der Waals surface area contributed by atoms with Crippen LogP contribution >= 0.6 is 0 Å². The molecular weight excluding hydrogens is 368 g/mol. The molecule has 0 N–H and O–H groups in total. The summed E-state index contributed by atoms with van der Waals surface area (Å²) in [4.78, 5) is 21.2. The maximum Gasteiger partial charge on any atom is 0.236 e. The van der Waals surface area contributed by atoms with Gasteiger partial charge in [-0.15, -0.1) is 0 Å². The third-order valence-electron chi connectivity index (χ3n) is 5.23. The van der Waals surface area contributed by atoms with E-state index in [4.69, 9.17) is 9.26 Å². The smallest absolute Gasteiger partial charge is 0.236 e. The minimum absolute atomic E-state index is 0.0133.